The van der Waals surface area contributed by atoms with E-state index in [2.05, 4.69) is 49.5 Å². The predicted molar refractivity (Wildman–Crippen MR) is 93.6 cm³/mol. The van der Waals surface area contributed by atoms with E-state index in [-0.39, 0.29) is 12.1 Å². The van der Waals surface area contributed by atoms with Crippen molar-refractivity contribution in [1.82, 2.24) is 0 Å². The number of carbonyl (C=O) groups excluding carboxylic acids is 1. The van der Waals surface area contributed by atoms with Crippen LogP contribution in [0.4, 0.5) is 0 Å². The lowest BCUT2D eigenvalue weighted by Crippen LogP contribution is -2.21. The zero-order chi connectivity index (χ0) is 15.9. The van der Waals surface area contributed by atoms with E-state index < -0.39 is 0 Å². The van der Waals surface area contributed by atoms with Gasteiger partial charge in [-0.25, -0.2) is 0 Å². The van der Waals surface area contributed by atoms with Gasteiger partial charge in [-0.05, 0) is 44.6 Å². The first-order chi connectivity index (χ1) is 10.8. The van der Waals surface area contributed by atoms with Crippen molar-refractivity contribution in [2.45, 2.75) is 58.0 Å². The zero-order valence-corrected chi connectivity index (χ0v) is 13.6. The van der Waals surface area contributed by atoms with Crippen LogP contribution in [-0.2, 0) is 9.53 Å². The Labute approximate surface area is 134 Å². The van der Waals surface area contributed by atoms with Crippen molar-refractivity contribution in [3.8, 4) is 0 Å². The van der Waals surface area contributed by atoms with Crippen LogP contribution in [0.3, 0.4) is 0 Å². The first-order valence-corrected chi connectivity index (χ1v) is 8.30. The third-order valence-corrected chi connectivity index (χ3v) is 3.28. The normalized spacial score (nSPS) is 20.2. The van der Waals surface area contributed by atoms with E-state index in [1.54, 1.807) is 0 Å². The average Bonchev–Trinajstić information content (AvgIpc) is 2.52. The highest BCUT2D eigenvalue weighted by molar-refractivity contribution is 5.70. The molecule has 0 amide bonds. The topological polar surface area (TPSA) is 26.3 Å². The monoisotopic (exact) mass is 300 g/mol. The minimum absolute atomic E-state index is 0.0339. The van der Waals surface area contributed by atoms with Crippen molar-refractivity contribution in [2.75, 3.05) is 0 Å². The van der Waals surface area contributed by atoms with Gasteiger partial charge in [0.15, 0.2) is 0 Å². The maximum atomic E-state index is 11.1. The summed E-state index contributed by atoms with van der Waals surface area (Å²) in [6, 6.07) is 0. The van der Waals surface area contributed by atoms with Gasteiger partial charge in [0.25, 0.3) is 0 Å². The van der Waals surface area contributed by atoms with E-state index in [1.165, 1.54) is 0 Å². The van der Waals surface area contributed by atoms with Gasteiger partial charge >= 0.3 is 5.97 Å². The van der Waals surface area contributed by atoms with Gasteiger partial charge in [0.1, 0.15) is 6.10 Å². The van der Waals surface area contributed by atoms with Gasteiger partial charge in [0.05, 0.1) is 0 Å². The summed E-state index contributed by atoms with van der Waals surface area (Å²) in [5.74, 6) is -0.0777. The molecule has 1 fully saturated rings. The van der Waals surface area contributed by atoms with Gasteiger partial charge < -0.3 is 4.74 Å². The van der Waals surface area contributed by atoms with E-state index in [1.807, 2.05) is 18.2 Å². The Kier molecular flexibility index (Phi) is 10.7. The van der Waals surface area contributed by atoms with E-state index in [9.17, 15) is 4.79 Å². The number of ether oxygens (including phenoxy) is 1. The molecule has 1 rings (SSSR count). The van der Waals surface area contributed by atoms with E-state index >= 15 is 0 Å². The lowest BCUT2D eigenvalue weighted by atomic mass is 10.1. The minimum Gasteiger partial charge on any atom is -0.458 e. The second kappa shape index (κ2) is 12.9. The molecule has 1 aliphatic rings. The highest BCUT2D eigenvalue weighted by Crippen LogP contribution is 2.14. The fourth-order valence-corrected chi connectivity index (χ4v) is 2.10. The molecule has 0 N–H and O–H groups in total. The van der Waals surface area contributed by atoms with Crippen molar-refractivity contribution in [1.29, 1.82) is 0 Å². The third-order valence-electron chi connectivity index (χ3n) is 3.28. The summed E-state index contributed by atoms with van der Waals surface area (Å²) >= 11 is 0. The number of rotatable bonds is 9. The highest BCUT2D eigenvalue weighted by atomic mass is 16.5. The van der Waals surface area contributed by atoms with Crippen molar-refractivity contribution in [3.63, 3.8) is 0 Å². The van der Waals surface area contributed by atoms with Crippen molar-refractivity contribution < 1.29 is 9.53 Å². The van der Waals surface area contributed by atoms with Crippen LogP contribution in [0.5, 0.6) is 0 Å². The Morgan fingerprint density at radius 1 is 0.955 bits per heavy atom. The van der Waals surface area contributed by atoms with Crippen LogP contribution in [0, 0.1) is 0 Å². The highest BCUT2D eigenvalue weighted by Gasteiger charge is 2.16. The summed E-state index contributed by atoms with van der Waals surface area (Å²) in [7, 11) is 0. The molecule has 0 aromatic rings. The second-order valence-corrected chi connectivity index (χ2v) is 5.26. The summed E-state index contributed by atoms with van der Waals surface area (Å²) in [6.45, 7) is 2.15. The van der Waals surface area contributed by atoms with Gasteiger partial charge in [0.2, 0.25) is 0 Å². The Hall–Kier alpha value is -1.83. The molecule has 22 heavy (non-hydrogen) atoms. The van der Waals surface area contributed by atoms with Crippen molar-refractivity contribution >= 4 is 5.97 Å². The van der Waals surface area contributed by atoms with Crippen LogP contribution in [0.2, 0.25) is 0 Å². The molecule has 0 aromatic heterocycles. The number of hydrogen-bond acceptors (Lipinski definition) is 2. The molecule has 1 saturated heterocycles. The number of carbonyl (C=O) groups is 1. The molecule has 0 saturated carbocycles. The largest absolute Gasteiger partial charge is 0.458 e. The standard InChI is InChI=1S/C20H28O2/c1-2-3-4-5-6-7-8-9-10-11-12-13-14-16-19-17-15-18-20(21)22-19/h3-4,6-7,9-10,12-14,16,19H,2,5,8,11,15,17-18H2,1H3/b4-3-,7-6-,10-9-,13-12-,16-14+. The summed E-state index contributed by atoms with van der Waals surface area (Å²) in [5.41, 5.74) is 0. The van der Waals surface area contributed by atoms with E-state index in [0.717, 1.165) is 38.5 Å². The van der Waals surface area contributed by atoms with Gasteiger partial charge in [0, 0.05) is 6.42 Å². The molecule has 0 radical (unpaired) electrons. The SMILES string of the molecule is CC/C=C\C/C=C\C/C=C\C/C=C\C=C\C1CCCC(=O)O1. The van der Waals surface area contributed by atoms with Gasteiger partial charge in [-0.3, -0.25) is 4.79 Å². The molecule has 1 unspecified atom stereocenters. The zero-order valence-electron chi connectivity index (χ0n) is 13.6. The molecule has 2 heteroatoms. The first kappa shape index (κ1) is 18.2. The smallest absolute Gasteiger partial charge is 0.306 e. The van der Waals surface area contributed by atoms with Crippen LogP contribution in [0.1, 0.15) is 51.9 Å². The first-order valence-electron chi connectivity index (χ1n) is 8.30. The number of esters is 1. The van der Waals surface area contributed by atoms with Gasteiger partial charge in [-0.1, -0.05) is 61.6 Å². The van der Waals surface area contributed by atoms with Gasteiger partial charge in [-0.2, -0.15) is 0 Å². The molecule has 0 spiro atoms. The molecular formula is C20H28O2. The Balaban J connectivity index is 2.06. The molecule has 1 atom stereocenters. The number of hydrogen-bond donors (Lipinski definition) is 0. The van der Waals surface area contributed by atoms with Crippen LogP contribution < -0.4 is 0 Å². The lowest BCUT2D eigenvalue weighted by Gasteiger charge is -2.18. The van der Waals surface area contributed by atoms with Crippen LogP contribution >= 0.6 is 0 Å². The molecule has 0 aromatic carbocycles. The Bertz CT molecular complexity index is 439. The number of cyclic esters (lactones) is 1. The molecule has 1 aliphatic heterocycles. The Morgan fingerprint density at radius 2 is 1.59 bits per heavy atom. The quantitative estimate of drug-likeness (QED) is 0.322. The fraction of sp³-hybridized carbons (Fsp3) is 0.450. The van der Waals surface area contributed by atoms with Crippen molar-refractivity contribution in [3.05, 3.63) is 60.8 Å². The molecule has 120 valence electrons. The molecule has 2 nitrogen and oxygen atoms in total. The maximum absolute atomic E-state index is 11.1. The average molecular weight is 300 g/mol. The fourth-order valence-electron chi connectivity index (χ4n) is 2.10. The van der Waals surface area contributed by atoms with Crippen LogP contribution in [0.15, 0.2) is 60.8 Å². The minimum atomic E-state index is -0.0777. The number of allylic oxidation sites excluding steroid dienone is 9. The Morgan fingerprint density at radius 3 is 2.23 bits per heavy atom. The predicted octanol–water partition coefficient (Wildman–Crippen LogP) is 5.44. The second-order valence-electron chi connectivity index (χ2n) is 5.26. The van der Waals surface area contributed by atoms with E-state index in [0.29, 0.717) is 6.42 Å². The molecule has 0 bridgehead atoms. The lowest BCUT2D eigenvalue weighted by molar-refractivity contribution is -0.150. The van der Waals surface area contributed by atoms with Crippen LogP contribution in [0.25, 0.3) is 0 Å². The molecule has 1 heterocycles. The van der Waals surface area contributed by atoms with Crippen molar-refractivity contribution in [2.24, 2.45) is 0 Å². The van der Waals surface area contributed by atoms with Gasteiger partial charge in [-0.15, -0.1) is 0 Å². The third kappa shape index (κ3) is 9.98. The summed E-state index contributed by atoms with van der Waals surface area (Å²) in [4.78, 5) is 11.1. The molecule has 0 aliphatic carbocycles. The molecular weight excluding hydrogens is 272 g/mol. The van der Waals surface area contributed by atoms with Crippen LogP contribution in [-0.4, -0.2) is 12.1 Å². The summed E-state index contributed by atoms with van der Waals surface area (Å²) in [5, 5.41) is 0. The summed E-state index contributed by atoms with van der Waals surface area (Å²) < 4.78 is 5.21. The van der Waals surface area contributed by atoms with E-state index in [4.69, 9.17) is 4.74 Å². The maximum Gasteiger partial charge on any atom is 0.306 e. The summed E-state index contributed by atoms with van der Waals surface area (Å²) in [6.07, 6.45) is 27.6.